The highest BCUT2D eigenvalue weighted by Crippen LogP contribution is 2.10. The topological polar surface area (TPSA) is 55.4 Å². The first kappa shape index (κ1) is 11.9. The average Bonchev–Trinajstić information content (AvgIpc) is 2.46. The van der Waals surface area contributed by atoms with E-state index >= 15 is 0 Å². The Labute approximate surface area is 89.7 Å². The van der Waals surface area contributed by atoms with E-state index in [0.717, 1.165) is 5.57 Å². The maximum absolute atomic E-state index is 11.4. The molecule has 0 spiro atoms. The van der Waals surface area contributed by atoms with Gasteiger partial charge in [-0.3, -0.25) is 9.59 Å². The summed E-state index contributed by atoms with van der Waals surface area (Å²) < 4.78 is 5.12. The molecular weight excluding hydrogens is 194 g/mol. The second-order valence-corrected chi connectivity index (χ2v) is 3.98. The summed E-state index contributed by atoms with van der Waals surface area (Å²) in [4.78, 5) is 22.7. The fourth-order valence-corrected chi connectivity index (χ4v) is 1.43. The monoisotopic (exact) mass is 211 g/mol. The minimum atomic E-state index is -0.470. The number of rotatable bonds is 4. The third-order valence-corrected chi connectivity index (χ3v) is 2.40. The van der Waals surface area contributed by atoms with Crippen LogP contribution in [0.4, 0.5) is 0 Å². The zero-order valence-electron chi connectivity index (χ0n) is 9.21. The molecule has 0 radical (unpaired) electrons. The van der Waals surface area contributed by atoms with Gasteiger partial charge in [0.15, 0.2) is 5.78 Å². The molecule has 0 aromatic rings. The first-order chi connectivity index (χ1) is 7.00. The number of carbonyl (C=O) groups is 2. The lowest BCUT2D eigenvalue weighted by Crippen LogP contribution is -2.43. The van der Waals surface area contributed by atoms with Crippen LogP contribution in [0.5, 0.6) is 0 Å². The number of amides is 1. The Morgan fingerprint density at radius 2 is 2.27 bits per heavy atom. The van der Waals surface area contributed by atoms with Gasteiger partial charge in [-0.15, -0.1) is 6.58 Å². The van der Waals surface area contributed by atoms with Crippen molar-refractivity contribution >= 4 is 11.7 Å². The van der Waals surface area contributed by atoms with Gasteiger partial charge in [-0.1, -0.05) is 5.57 Å². The largest absolute Gasteiger partial charge is 0.368 e. The molecule has 4 nitrogen and oxygen atoms in total. The van der Waals surface area contributed by atoms with Crippen LogP contribution in [0.3, 0.4) is 0 Å². The number of allylic oxidation sites excluding steroid dienone is 1. The molecule has 15 heavy (non-hydrogen) atoms. The van der Waals surface area contributed by atoms with Gasteiger partial charge in [0.1, 0.15) is 12.6 Å². The Bertz CT molecular complexity index is 286. The summed E-state index contributed by atoms with van der Waals surface area (Å²) in [7, 11) is 0. The van der Waals surface area contributed by atoms with Gasteiger partial charge >= 0.3 is 0 Å². The molecule has 1 aliphatic rings. The minimum absolute atomic E-state index is 0.0498. The molecule has 1 saturated heterocycles. The molecule has 0 saturated carbocycles. The Balaban J connectivity index is 2.37. The number of hydrogen-bond donors (Lipinski definition) is 1. The summed E-state index contributed by atoms with van der Waals surface area (Å²) in [6.07, 6.45) is 0.819. The van der Waals surface area contributed by atoms with Crippen molar-refractivity contribution in [3.05, 3.63) is 12.2 Å². The first-order valence-corrected chi connectivity index (χ1v) is 5.08. The number of Topliss-reactive ketones (excluding diaryl/α,β-unsaturated/α-hetero) is 1. The maximum atomic E-state index is 11.4. The first-order valence-electron chi connectivity index (χ1n) is 5.08. The Morgan fingerprint density at radius 3 is 2.73 bits per heavy atom. The highest BCUT2D eigenvalue weighted by molar-refractivity contribution is 5.91. The predicted molar refractivity (Wildman–Crippen MR) is 56.4 cm³/mol. The molecule has 2 atom stereocenters. The van der Waals surface area contributed by atoms with Gasteiger partial charge < -0.3 is 10.1 Å². The van der Waals surface area contributed by atoms with Gasteiger partial charge in [0.05, 0.1) is 6.10 Å². The van der Waals surface area contributed by atoms with Crippen LogP contribution in [0, 0.1) is 0 Å². The van der Waals surface area contributed by atoms with E-state index in [9.17, 15) is 9.59 Å². The van der Waals surface area contributed by atoms with Crippen molar-refractivity contribution in [2.45, 2.75) is 38.8 Å². The molecule has 1 N–H and O–H groups in total. The van der Waals surface area contributed by atoms with Gasteiger partial charge in [-0.25, -0.2) is 0 Å². The van der Waals surface area contributed by atoms with Crippen LogP contribution in [0.15, 0.2) is 12.2 Å². The van der Waals surface area contributed by atoms with Crippen LogP contribution in [-0.4, -0.2) is 30.4 Å². The van der Waals surface area contributed by atoms with Crippen LogP contribution in [0.25, 0.3) is 0 Å². The maximum Gasteiger partial charge on any atom is 0.220 e. The van der Waals surface area contributed by atoms with Gasteiger partial charge in [-0.2, -0.15) is 0 Å². The van der Waals surface area contributed by atoms with Crippen molar-refractivity contribution in [2.24, 2.45) is 0 Å². The van der Waals surface area contributed by atoms with Crippen molar-refractivity contribution < 1.29 is 14.3 Å². The molecular formula is C11H17NO3. The van der Waals surface area contributed by atoms with Crippen molar-refractivity contribution in [3.8, 4) is 0 Å². The highest BCUT2D eigenvalue weighted by Gasteiger charge is 2.33. The van der Waals surface area contributed by atoms with Gasteiger partial charge in [0, 0.05) is 6.42 Å². The predicted octanol–water partition coefficient (Wildman–Crippen LogP) is 0.815. The number of hydrogen-bond acceptors (Lipinski definition) is 3. The van der Waals surface area contributed by atoms with E-state index in [4.69, 9.17) is 4.74 Å². The number of carbonyl (C=O) groups excluding carboxylic acids is 2. The third kappa shape index (κ3) is 3.47. The summed E-state index contributed by atoms with van der Waals surface area (Å²) in [5, 5.41) is 2.68. The molecule has 4 heteroatoms. The number of nitrogens with one attached hydrogen (secondary N) is 1. The second-order valence-electron chi connectivity index (χ2n) is 3.98. The zero-order valence-corrected chi connectivity index (χ0v) is 9.21. The van der Waals surface area contributed by atoms with E-state index in [-0.39, 0.29) is 24.4 Å². The molecule has 0 bridgehead atoms. The molecule has 1 heterocycles. The van der Waals surface area contributed by atoms with E-state index < -0.39 is 6.04 Å². The summed E-state index contributed by atoms with van der Waals surface area (Å²) in [5.74, 6) is -0.167. The minimum Gasteiger partial charge on any atom is -0.368 e. The summed E-state index contributed by atoms with van der Waals surface area (Å²) in [6, 6.07) is -0.470. The SMILES string of the molecule is C=C(C)CCC(=O)N[C@@H]1C(=O)CO[C@@H]1C. The van der Waals surface area contributed by atoms with Gasteiger partial charge in [-0.05, 0) is 20.3 Å². The fourth-order valence-electron chi connectivity index (χ4n) is 1.43. The highest BCUT2D eigenvalue weighted by atomic mass is 16.5. The lowest BCUT2D eigenvalue weighted by Gasteiger charge is -2.14. The van der Waals surface area contributed by atoms with E-state index in [1.54, 1.807) is 6.92 Å². The molecule has 1 aliphatic heterocycles. The smallest absolute Gasteiger partial charge is 0.220 e. The van der Waals surface area contributed by atoms with Crippen LogP contribution in [-0.2, 0) is 14.3 Å². The summed E-state index contributed by atoms with van der Waals surface area (Å²) >= 11 is 0. The van der Waals surface area contributed by atoms with Gasteiger partial charge in [0.25, 0.3) is 0 Å². The molecule has 1 amide bonds. The molecule has 0 aromatic heterocycles. The van der Waals surface area contributed by atoms with Crippen molar-refractivity contribution in [1.29, 1.82) is 0 Å². The zero-order chi connectivity index (χ0) is 11.4. The van der Waals surface area contributed by atoms with Crippen molar-refractivity contribution in [2.75, 3.05) is 6.61 Å². The van der Waals surface area contributed by atoms with Crippen molar-refractivity contribution in [3.63, 3.8) is 0 Å². The normalized spacial score (nSPS) is 25.3. The summed E-state index contributed by atoms with van der Waals surface area (Å²) in [5.41, 5.74) is 0.965. The van der Waals surface area contributed by atoms with E-state index in [2.05, 4.69) is 11.9 Å². The Hall–Kier alpha value is -1.16. The van der Waals surface area contributed by atoms with E-state index in [1.165, 1.54) is 0 Å². The Kier molecular flexibility index (Phi) is 4.03. The lowest BCUT2D eigenvalue weighted by molar-refractivity contribution is -0.126. The molecule has 0 aliphatic carbocycles. The van der Waals surface area contributed by atoms with Crippen LogP contribution in [0.1, 0.15) is 26.7 Å². The number of ether oxygens (including phenoxy) is 1. The molecule has 84 valence electrons. The Morgan fingerprint density at radius 1 is 1.60 bits per heavy atom. The van der Waals surface area contributed by atoms with E-state index in [1.807, 2.05) is 6.92 Å². The third-order valence-electron chi connectivity index (χ3n) is 2.40. The quantitative estimate of drug-likeness (QED) is 0.700. The lowest BCUT2D eigenvalue weighted by atomic mass is 10.1. The fraction of sp³-hybridized carbons (Fsp3) is 0.636. The second kappa shape index (κ2) is 5.07. The van der Waals surface area contributed by atoms with Crippen LogP contribution < -0.4 is 5.32 Å². The van der Waals surface area contributed by atoms with E-state index in [0.29, 0.717) is 12.8 Å². The summed E-state index contributed by atoms with van der Waals surface area (Å²) in [6.45, 7) is 7.48. The molecule has 1 fully saturated rings. The van der Waals surface area contributed by atoms with Gasteiger partial charge in [0.2, 0.25) is 5.91 Å². The average molecular weight is 211 g/mol. The molecule has 0 unspecified atom stereocenters. The van der Waals surface area contributed by atoms with Crippen molar-refractivity contribution in [1.82, 2.24) is 5.32 Å². The van der Waals surface area contributed by atoms with Crippen LogP contribution in [0.2, 0.25) is 0 Å². The standard InChI is InChI=1S/C11H17NO3/c1-7(2)4-5-10(14)12-11-8(3)15-6-9(11)13/h8,11H,1,4-6H2,2-3H3,(H,12,14)/t8-,11+/m1/s1. The molecule has 1 rings (SSSR count). The molecule has 0 aromatic carbocycles. The van der Waals surface area contributed by atoms with Crippen LogP contribution >= 0.6 is 0 Å². The number of ketones is 1.